The van der Waals surface area contributed by atoms with E-state index in [1.807, 2.05) is 25.9 Å². The number of halogens is 1. The SMILES string of the molecule is C=CN(C)c1nc(N2CCCC(N)C2)n(CC#CC)c1C(=C)N(C)CCSc1ccc(F)cc1N=C. The molecule has 1 saturated heterocycles. The van der Waals surface area contributed by atoms with Gasteiger partial charge in [0.15, 0.2) is 5.82 Å². The van der Waals surface area contributed by atoms with E-state index in [1.165, 1.54) is 12.1 Å². The van der Waals surface area contributed by atoms with Gasteiger partial charge in [0, 0.05) is 56.5 Å². The molecule has 2 N–H and O–H groups in total. The van der Waals surface area contributed by atoms with E-state index in [-0.39, 0.29) is 11.9 Å². The van der Waals surface area contributed by atoms with Gasteiger partial charge in [-0.15, -0.1) is 17.7 Å². The summed E-state index contributed by atoms with van der Waals surface area (Å²) in [5.41, 5.74) is 8.58. The summed E-state index contributed by atoms with van der Waals surface area (Å²) in [5, 5.41) is 0. The highest BCUT2D eigenvalue weighted by Crippen LogP contribution is 2.34. The first-order valence-electron chi connectivity index (χ1n) is 12.0. The van der Waals surface area contributed by atoms with Crippen LogP contribution in [0.2, 0.25) is 0 Å². The fourth-order valence-corrected chi connectivity index (χ4v) is 5.15. The zero-order valence-electron chi connectivity index (χ0n) is 21.5. The first kappa shape index (κ1) is 27.4. The summed E-state index contributed by atoms with van der Waals surface area (Å²) in [4.78, 5) is 16.1. The minimum atomic E-state index is -0.319. The second-order valence-corrected chi connectivity index (χ2v) is 9.86. The lowest BCUT2D eigenvalue weighted by Crippen LogP contribution is -2.44. The first-order valence-corrected chi connectivity index (χ1v) is 12.9. The Morgan fingerprint density at radius 3 is 2.86 bits per heavy atom. The Morgan fingerprint density at radius 1 is 1.42 bits per heavy atom. The van der Waals surface area contributed by atoms with Crippen molar-refractivity contribution in [3.05, 3.63) is 49.1 Å². The van der Waals surface area contributed by atoms with Gasteiger partial charge in [0.25, 0.3) is 0 Å². The summed E-state index contributed by atoms with van der Waals surface area (Å²) < 4.78 is 15.7. The van der Waals surface area contributed by atoms with E-state index in [0.717, 1.165) is 59.7 Å². The predicted molar refractivity (Wildman–Crippen MR) is 152 cm³/mol. The van der Waals surface area contributed by atoms with E-state index in [2.05, 4.69) is 51.1 Å². The molecule has 7 nitrogen and oxygen atoms in total. The molecule has 3 rings (SSSR count). The lowest BCUT2D eigenvalue weighted by Gasteiger charge is -2.32. The molecule has 1 aliphatic rings. The standard InChI is InChI=1S/C27H36FN7S/c1-7-9-15-35-25(26(32(5)8-2)31-27(35)34-14-10-11-22(29)19-34)20(3)33(6)16-17-36-24-13-12-21(28)18-23(24)30-4/h8,12-13,18,22H,2-4,10-11,14-17,19,29H2,1,5-6H3. The number of anilines is 2. The quantitative estimate of drug-likeness (QED) is 0.272. The second-order valence-electron chi connectivity index (χ2n) is 8.73. The molecule has 0 spiro atoms. The molecule has 1 fully saturated rings. The number of thioether (sulfide) groups is 1. The lowest BCUT2D eigenvalue weighted by atomic mass is 10.1. The first-order chi connectivity index (χ1) is 17.3. The maximum absolute atomic E-state index is 13.5. The van der Waals surface area contributed by atoms with Gasteiger partial charge in [-0.1, -0.05) is 19.1 Å². The number of hydrogen-bond donors (Lipinski definition) is 1. The third kappa shape index (κ3) is 6.31. The van der Waals surface area contributed by atoms with E-state index >= 15 is 0 Å². The molecule has 0 bridgehead atoms. The molecular formula is C27H36FN7S. The molecule has 0 amide bonds. The minimum Gasteiger partial charge on any atom is -0.372 e. The van der Waals surface area contributed by atoms with Gasteiger partial charge >= 0.3 is 0 Å². The Morgan fingerprint density at radius 2 is 2.19 bits per heavy atom. The van der Waals surface area contributed by atoms with Crippen LogP contribution in [0.3, 0.4) is 0 Å². The highest BCUT2D eigenvalue weighted by molar-refractivity contribution is 7.99. The minimum absolute atomic E-state index is 0.120. The number of aliphatic imine (C=N–C) groups is 1. The summed E-state index contributed by atoms with van der Waals surface area (Å²) in [7, 11) is 3.94. The molecular weight excluding hydrogens is 473 g/mol. The average molecular weight is 510 g/mol. The number of aromatic nitrogens is 2. The molecule has 0 aliphatic carbocycles. The zero-order valence-corrected chi connectivity index (χ0v) is 22.3. The largest absolute Gasteiger partial charge is 0.372 e. The van der Waals surface area contributed by atoms with Crippen molar-refractivity contribution in [3.63, 3.8) is 0 Å². The summed E-state index contributed by atoms with van der Waals surface area (Å²) in [6, 6.07) is 4.70. The number of imidazole rings is 1. The van der Waals surface area contributed by atoms with E-state index in [0.29, 0.717) is 18.8 Å². The summed E-state index contributed by atoms with van der Waals surface area (Å²) in [6.45, 7) is 16.6. The zero-order chi connectivity index (χ0) is 26.2. The van der Waals surface area contributed by atoms with Crippen molar-refractivity contribution in [2.45, 2.75) is 37.2 Å². The molecule has 2 aromatic rings. The maximum atomic E-state index is 13.5. The van der Waals surface area contributed by atoms with Crippen LogP contribution in [0.1, 0.15) is 25.5 Å². The molecule has 1 aromatic carbocycles. The predicted octanol–water partition coefficient (Wildman–Crippen LogP) is 4.58. The van der Waals surface area contributed by atoms with Crippen molar-refractivity contribution in [2.24, 2.45) is 10.7 Å². The number of rotatable bonds is 11. The van der Waals surface area contributed by atoms with Crippen molar-refractivity contribution < 1.29 is 4.39 Å². The fourth-order valence-electron chi connectivity index (χ4n) is 4.13. The molecule has 1 atom stereocenters. The summed E-state index contributed by atoms with van der Waals surface area (Å²) in [5.74, 6) is 8.27. The Labute approximate surface area is 218 Å². The highest BCUT2D eigenvalue weighted by atomic mass is 32.2. The summed E-state index contributed by atoms with van der Waals surface area (Å²) in [6.07, 6.45) is 3.79. The van der Waals surface area contributed by atoms with E-state index in [1.54, 1.807) is 24.0 Å². The van der Waals surface area contributed by atoms with Crippen LogP contribution in [0.5, 0.6) is 0 Å². The van der Waals surface area contributed by atoms with Gasteiger partial charge in [-0.05, 0) is 44.8 Å². The van der Waals surface area contributed by atoms with Crippen LogP contribution in [-0.2, 0) is 6.54 Å². The number of benzene rings is 1. The van der Waals surface area contributed by atoms with E-state index in [4.69, 9.17) is 10.7 Å². The van der Waals surface area contributed by atoms with Crippen molar-refractivity contribution in [2.75, 3.05) is 49.3 Å². The molecule has 0 radical (unpaired) electrons. The van der Waals surface area contributed by atoms with Gasteiger partial charge in [0.1, 0.15) is 11.5 Å². The van der Waals surface area contributed by atoms with Crippen molar-refractivity contribution in [1.82, 2.24) is 14.5 Å². The summed E-state index contributed by atoms with van der Waals surface area (Å²) >= 11 is 1.61. The van der Waals surface area contributed by atoms with Crippen LogP contribution in [-0.4, -0.2) is 66.7 Å². The van der Waals surface area contributed by atoms with Gasteiger partial charge in [0.05, 0.1) is 17.9 Å². The third-order valence-corrected chi connectivity index (χ3v) is 7.24. The number of piperidine rings is 1. The van der Waals surface area contributed by atoms with Crippen LogP contribution in [0.25, 0.3) is 5.70 Å². The van der Waals surface area contributed by atoms with Crippen LogP contribution < -0.4 is 15.5 Å². The van der Waals surface area contributed by atoms with Crippen molar-refractivity contribution in [1.29, 1.82) is 0 Å². The molecule has 1 aliphatic heterocycles. The Balaban J connectivity index is 1.88. The smallest absolute Gasteiger partial charge is 0.209 e. The number of nitrogens with two attached hydrogens (primary N) is 1. The Bertz CT molecular complexity index is 1160. The highest BCUT2D eigenvalue weighted by Gasteiger charge is 2.28. The molecule has 36 heavy (non-hydrogen) atoms. The van der Waals surface area contributed by atoms with E-state index in [9.17, 15) is 4.39 Å². The topological polar surface area (TPSA) is 65.9 Å². The molecule has 1 unspecified atom stereocenters. The second kappa shape index (κ2) is 12.7. The monoisotopic (exact) mass is 509 g/mol. The maximum Gasteiger partial charge on any atom is 0.209 e. The van der Waals surface area contributed by atoms with Crippen LogP contribution in [0.15, 0.2) is 47.4 Å². The van der Waals surface area contributed by atoms with Crippen molar-refractivity contribution >= 4 is 41.6 Å². The molecule has 9 heteroatoms. The normalized spacial score (nSPS) is 15.1. The average Bonchev–Trinajstić information content (AvgIpc) is 3.26. The Kier molecular flexibility index (Phi) is 9.62. The molecule has 192 valence electrons. The van der Waals surface area contributed by atoms with Gasteiger partial charge in [-0.25, -0.2) is 4.39 Å². The molecule has 2 heterocycles. The molecule has 1 aromatic heterocycles. The lowest BCUT2D eigenvalue weighted by molar-refractivity contribution is 0.492. The van der Waals surface area contributed by atoms with Crippen LogP contribution >= 0.6 is 11.8 Å². The van der Waals surface area contributed by atoms with Gasteiger partial charge in [-0.2, -0.15) is 4.98 Å². The van der Waals surface area contributed by atoms with Crippen molar-refractivity contribution in [3.8, 4) is 11.8 Å². The van der Waals surface area contributed by atoms with Crippen LogP contribution in [0.4, 0.5) is 21.8 Å². The molecule has 0 saturated carbocycles. The fraction of sp³-hybridized carbons (Fsp3) is 0.407. The van der Waals surface area contributed by atoms with E-state index < -0.39 is 0 Å². The third-order valence-electron chi connectivity index (χ3n) is 6.20. The number of nitrogens with zero attached hydrogens (tertiary/aromatic N) is 6. The van der Waals surface area contributed by atoms with Gasteiger partial charge < -0.3 is 20.4 Å². The van der Waals surface area contributed by atoms with Gasteiger partial charge in [0.2, 0.25) is 5.95 Å². The number of hydrogen-bond acceptors (Lipinski definition) is 7. The Hall–Kier alpha value is -3.22. The van der Waals surface area contributed by atoms with Crippen LogP contribution in [0, 0.1) is 17.7 Å². The van der Waals surface area contributed by atoms with Gasteiger partial charge in [-0.3, -0.25) is 9.56 Å².